The van der Waals surface area contributed by atoms with Crippen LogP contribution >= 0.6 is 0 Å². The van der Waals surface area contributed by atoms with Gasteiger partial charge in [-0.1, -0.05) is 76.3 Å². The van der Waals surface area contributed by atoms with Gasteiger partial charge in [0.25, 0.3) is 0 Å². The van der Waals surface area contributed by atoms with E-state index in [2.05, 4.69) is 90.1 Å². The molecule has 0 unspecified atom stereocenters. The number of rotatable bonds is 0. The van der Waals surface area contributed by atoms with E-state index in [1.807, 2.05) is 12.2 Å². The van der Waals surface area contributed by atoms with Crippen LogP contribution in [0.15, 0.2) is 48.6 Å². The summed E-state index contributed by atoms with van der Waals surface area (Å²) in [4.78, 5) is 0. The van der Waals surface area contributed by atoms with Gasteiger partial charge in [0.05, 0.1) is 0 Å². The van der Waals surface area contributed by atoms with Gasteiger partial charge in [0, 0.05) is 0 Å². The van der Waals surface area contributed by atoms with Gasteiger partial charge < -0.3 is 24.8 Å². The van der Waals surface area contributed by atoms with Gasteiger partial charge >= 0.3 is 40.0 Å². The molecule has 0 saturated heterocycles. The molecule has 170 valence electrons. The summed E-state index contributed by atoms with van der Waals surface area (Å²) in [6.07, 6.45) is 14.0. The molecular weight excluding hydrogens is 598 g/mol. The number of hydrogen-bond donors (Lipinski definition) is 0. The van der Waals surface area contributed by atoms with Crippen LogP contribution in [0.3, 0.4) is 0 Å². The Bertz CT molecular complexity index is 908. The summed E-state index contributed by atoms with van der Waals surface area (Å²) in [6, 6.07) is 15.1. The molecule has 0 heterocycles. The number of halogens is 2. The first-order valence-electron chi connectivity index (χ1n) is 11.0. The molecule has 1 saturated carbocycles. The van der Waals surface area contributed by atoms with E-state index in [1.54, 1.807) is 3.26 Å². The zero-order valence-corrected chi connectivity index (χ0v) is 25.3. The van der Waals surface area contributed by atoms with Gasteiger partial charge in [-0.15, -0.1) is 12.0 Å². The van der Waals surface area contributed by atoms with E-state index >= 15 is 0 Å². The molecule has 0 bridgehead atoms. The first-order valence-corrected chi connectivity index (χ1v) is 12.8. The van der Waals surface area contributed by atoms with Gasteiger partial charge in [0.2, 0.25) is 0 Å². The summed E-state index contributed by atoms with van der Waals surface area (Å²) in [5, 5.41) is 0. The topological polar surface area (TPSA) is 0 Å². The quantitative estimate of drug-likeness (QED) is 0.261. The average molecular weight is 632 g/mol. The van der Waals surface area contributed by atoms with E-state index in [0.29, 0.717) is 0 Å². The second-order valence-corrected chi connectivity index (χ2v) is 13.0. The molecule has 1 fully saturated rings. The third-order valence-corrected chi connectivity index (χ3v) is 7.41. The summed E-state index contributed by atoms with van der Waals surface area (Å²) in [5.74, 6) is 0. The van der Waals surface area contributed by atoms with Crippen molar-refractivity contribution in [2.45, 2.75) is 78.1 Å². The minimum absolute atomic E-state index is 0. The van der Waals surface area contributed by atoms with E-state index < -0.39 is 0 Å². The molecule has 0 aromatic heterocycles. The van der Waals surface area contributed by atoms with Crippen molar-refractivity contribution in [3.8, 4) is 11.1 Å². The van der Waals surface area contributed by atoms with Crippen LogP contribution in [0.2, 0.25) is 0 Å². The van der Waals surface area contributed by atoms with Crippen molar-refractivity contribution in [3.05, 3.63) is 83.0 Å². The molecule has 0 nitrogen and oxygen atoms in total. The summed E-state index contributed by atoms with van der Waals surface area (Å²) >= 11 is 1.38. The Morgan fingerprint density at radius 2 is 1.44 bits per heavy atom. The second-order valence-electron chi connectivity index (χ2n) is 10.4. The molecule has 3 aliphatic rings. The maximum absolute atomic E-state index is 3.53. The van der Waals surface area contributed by atoms with Crippen LogP contribution in [0.5, 0.6) is 0 Å². The van der Waals surface area contributed by atoms with Gasteiger partial charge in [-0.05, 0) is 17.4 Å². The monoisotopic (exact) mass is 632 g/mol. The van der Waals surface area contributed by atoms with E-state index in [1.165, 1.54) is 70.1 Å². The SMILES string of the molecule is CC(C)(C)c1c[c-]c2c(c1)-c1cc(C(C)(C)C)ccc1C2.[C-]1=CC=CC1.[Cl-].[Cl-].[Hf+2]=[C]1CC1. The van der Waals surface area contributed by atoms with Gasteiger partial charge in [-0.2, -0.15) is 35.4 Å². The number of allylic oxidation sites excluding steroid dienone is 4. The van der Waals surface area contributed by atoms with Crippen LogP contribution < -0.4 is 24.8 Å². The van der Waals surface area contributed by atoms with Gasteiger partial charge in [0.15, 0.2) is 0 Å². The Balaban J connectivity index is 0.000000387. The zero-order valence-electron chi connectivity index (χ0n) is 20.2. The van der Waals surface area contributed by atoms with Crippen molar-refractivity contribution in [2.75, 3.05) is 0 Å². The van der Waals surface area contributed by atoms with Crippen molar-refractivity contribution in [1.29, 1.82) is 0 Å². The van der Waals surface area contributed by atoms with Crippen LogP contribution in [0.1, 0.15) is 83.1 Å². The van der Waals surface area contributed by atoms with Crippen LogP contribution in [0.25, 0.3) is 11.1 Å². The summed E-state index contributed by atoms with van der Waals surface area (Å²) in [5.41, 5.74) is 8.76. The molecule has 2 aromatic rings. The first-order chi connectivity index (χ1) is 14.1. The van der Waals surface area contributed by atoms with Crippen LogP contribution in [0.4, 0.5) is 0 Å². The van der Waals surface area contributed by atoms with Crippen LogP contribution in [-0.2, 0) is 41.1 Å². The third-order valence-electron chi connectivity index (χ3n) is 5.61. The Morgan fingerprint density at radius 1 is 0.844 bits per heavy atom. The van der Waals surface area contributed by atoms with Crippen molar-refractivity contribution < 1.29 is 48.7 Å². The summed E-state index contributed by atoms with van der Waals surface area (Å²) in [6.45, 7) is 13.6. The zero-order chi connectivity index (χ0) is 21.9. The Labute approximate surface area is 222 Å². The van der Waals surface area contributed by atoms with E-state index in [9.17, 15) is 0 Å². The Morgan fingerprint density at radius 3 is 1.88 bits per heavy atom. The molecule has 0 amide bonds. The fourth-order valence-electron chi connectivity index (χ4n) is 3.39. The molecule has 0 N–H and O–H groups in total. The molecule has 0 atom stereocenters. The van der Waals surface area contributed by atoms with Crippen LogP contribution in [0, 0.1) is 12.1 Å². The molecule has 3 aliphatic carbocycles. The Hall–Kier alpha value is -0.760. The van der Waals surface area contributed by atoms with Crippen molar-refractivity contribution in [2.24, 2.45) is 0 Å². The van der Waals surface area contributed by atoms with Crippen LogP contribution in [-0.4, -0.2) is 3.26 Å². The fraction of sp³-hybridized carbons (Fsp3) is 0.414. The average Bonchev–Trinajstić information content (AvgIpc) is 3.15. The number of hydrogen-bond acceptors (Lipinski definition) is 0. The first kappa shape index (κ1) is 29.3. The normalized spacial score (nSPS) is 14.7. The molecular formula is C29H34Cl2Hf-2. The number of fused-ring (bicyclic) bond motifs is 3. The van der Waals surface area contributed by atoms with E-state index in [-0.39, 0.29) is 35.6 Å². The van der Waals surface area contributed by atoms with Gasteiger partial charge in [-0.25, -0.2) is 12.2 Å². The molecule has 0 radical (unpaired) electrons. The van der Waals surface area contributed by atoms with Crippen molar-refractivity contribution in [3.63, 3.8) is 0 Å². The van der Waals surface area contributed by atoms with E-state index in [4.69, 9.17) is 0 Å². The second kappa shape index (κ2) is 12.1. The standard InChI is InChI=1S/C21H25.C5H5.C3H4.2ClH.Hf/c1-20(2,3)16-9-7-14-11-15-8-10-17(21(4,5)6)13-19(15)18(14)12-16;1-2-4-5-3-1;1-2-3-1;;;/h7,9-10,12-13H,11H2,1-6H3;1-3H,4H2;1-2H2;2*1H;/q2*-1;;;;+2/p-2. The molecule has 0 aliphatic heterocycles. The van der Waals surface area contributed by atoms with Crippen molar-refractivity contribution >= 4 is 3.26 Å². The van der Waals surface area contributed by atoms with Gasteiger partial charge in [-0.3, -0.25) is 6.08 Å². The predicted octanol–water partition coefficient (Wildman–Crippen LogP) is 1.47. The number of benzene rings is 2. The molecule has 2 aromatic carbocycles. The van der Waals surface area contributed by atoms with Gasteiger partial charge in [0.1, 0.15) is 0 Å². The summed E-state index contributed by atoms with van der Waals surface area (Å²) in [7, 11) is 0. The molecule has 32 heavy (non-hydrogen) atoms. The summed E-state index contributed by atoms with van der Waals surface area (Å²) < 4.78 is 1.81. The predicted molar refractivity (Wildman–Crippen MR) is 127 cm³/mol. The third kappa shape index (κ3) is 8.23. The maximum atomic E-state index is 3.53. The molecule has 0 spiro atoms. The molecule has 5 rings (SSSR count). The van der Waals surface area contributed by atoms with Crippen molar-refractivity contribution in [1.82, 2.24) is 0 Å². The Kier molecular flexibility index (Phi) is 11.1. The fourth-order valence-corrected chi connectivity index (χ4v) is 3.84. The van der Waals surface area contributed by atoms with E-state index in [0.717, 1.165) is 12.8 Å². The minimum atomic E-state index is 0. The molecule has 3 heteroatoms.